The minimum Gasteiger partial charge on any atom is -0.339 e. The van der Waals surface area contributed by atoms with E-state index in [0.717, 1.165) is 57.4 Å². The number of rotatable bonds is 2. The van der Waals surface area contributed by atoms with Crippen molar-refractivity contribution in [1.82, 2.24) is 19.9 Å². The maximum atomic E-state index is 12.5. The van der Waals surface area contributed by atoms with E-state index < -0.39 is 0 Å². The fraction of sp³-hybridized carbons (Fsp3) is 0.409. The van der Waals surface area contributed by atoms with E-state index in [4.69, 9.17) is 4.52 Å². The molecule has 0 unspecified atom stereocenters. The van der Waals surface area contributed by atoms with Gasteiger partial charge in [-0.2, -0.15) is 4.98 Å². The Morgan fingerprint density at radius 3 is 2.43 bits per heavy atom. The average molecular weight is 376 g/mol. The molecule has 0 bridgehead atoms. The van der Waals surface area contributed by atoms with Crippen LogP contribution in [0.15, 0.2) is 47.0 Å². The zero-order valence-electron chi connectivity index (χ0n) is 15.9. The van der Waals surface area contributed by atoms with E-state index in [1.165, 1.54) is 10.8 Å². The van der Waals surface area contributed by atoms with E-state index >= 15 is 0 Å². The molecule has 1 aromatic heterocycles. The molecule has 6 heteroatoms. The molecule has 0 aliphatic carbocycles. The summed E-state index contributed by atoms with van der Waals surface area (Å²) in [6.45, 7) is 3.32. The van der Waals surface area contributed by atoms with E-state index in [-0.39, 0.29) is 11.9 Å². The molecule has 2 aliphatic heterocycles. The lowest BCUT2D eigenvalue weighted by Crippen LogP contribution is -2.45. The molecule has 2 amide bonds. The van der Waals surface area contributed by atoms with Crippen LogP contribution < -0.4 is 0 Å². The Labute approximate surface area is 164 Å². The second-order valence-corrected chi connectivity index (χ2v) is 7.76. The monoisotopic (exact) mass is 376 g/mol. The summed E-state index contributed by atoms with van der Waals surface area (Å²) in [6, 6.07) is 14.7. The lowest BCUT2D eigenvalue weighted by Gasteiger charge is -2.33. The van der Waals surface area contributed by atoms with Gasteiger partial charge in [0, 0.05) is 37.7 Å². The maximum absolute atomic E-state index is 12.5. The Morgan fingerprint density at radius 2 is 1.64 bits per heavy atom. The highest BCUT2D eigenvalue weighted by Gasteiger charge is 2.30. The summed E-state index contributed by atoms with van der Waals surface area (Å²) < 4.78 is 5.59. The predicted octanol–water partition coefficient (Wildman–Crippen LogP) is 4.29. The van der Waals surface area contributed by atoms with Gasteiger partial charge in [0.1, 0.15) is 0 Å². The summed E-state index contributed by atoms with van der Waals surface area (Å²) >= 11 is 0. The van der Waals surface area contributed by atoms with Crippen molar-refractivity contribution in [2.45, 2.75) is 31.6 Å². The van der Waals surface area contributed by atoms with Crippen molar-refractivity contribution in [1.29, 1.82) is 0 Å². The van der Waals surface area contributed by atoms with Crippen molar-refractivity contribution in [3.05, 3.63) is 48.4 Å². The van der Waals surface area contributed by atoms with Crippen molar-refractivity contribution in [2.24, 2.45) is 0 Å². The fourth-order valence-corrected chi connectivity index (χ4v) is 4.27. The molecule has 2 aliphatic rings. The molecule has 0 spiro atoms. The average Bonchev–Trinajstić information content (AvgIpc) is 3.45. The number of fused-ring (bicyclic) bond motifs is 1. The van der Waals surface area contributed by atoms with Crippen LogP contribution in [0.3, 0.4) is 0 Å². The minimum absolute atomic E-state index is 0.193. The first-order valence-corrected chi connectivity index (χ1v) is 10.1. The maximum Gasteiger partial charge on any atom is 0.319 e. The Balaban J connectivity index is 1.27. The second kappa shape index (κ2) is 7.26. The van der Waals surface area contributed by atoms with Crippen molar-refractivity contribution >= 4 is 16.8 Å². The SMILES string of the molecule is O=C(N1CCCC1)N1CCC(c2nc(-c3ccc4ccccc4c3)no2)CC1. The lowest BCUT2D eigenvalue weighted by atomic mass is 9.97. The zero-order valence-corrected chi connectivity index (χ0v) is 15.9. The first-order valence-electron chi connectivity index (χ1n) is 10.1. The molecule has 0 radical (unpaired) electrons. The number of carbonyl (C=O) groups is 1. The molecule has 0 atom stereocenters. The van der Waals surface area contributed by atoms with Gasteiger partial charge in [0.2, 0.25) is 11.7 Å². The largest absolute Gasteiger partial charge is 0.339 e. The highest BCUT2D eigenvalue weighted by Crippen LogP contribution is 2.30. The molecule has 6 nitrogen and oxygen atoms in total. The van der Waals surface area contributed by atoms with Gasteiger partial charge in [-0.15, -0.1) is 0 Å². The molecule has 3 heterocycles. The third-order valence-electron chi connectivity index (χ3n) is 5.94. The Bertz CT molecular complexity index is 985. The van der Waals surface area contributed by atoms with Crippen LogP contribution in [-0.2, 0) is 0 Å². The molecule has 2 aromatic carbocycles. The van der Waals surface area contributed by atoms with Crippen molar-refractivity contribution in [3.8, 4) is 11.4 Å². The summed E-state index contributed by atoms with van der Waals surface area (Å²) in [6.07, 6.45) is 4.00. The van der Waals surface area contributed by atoms with Crippen molar-refractivity contribution in [3.63, 3.8) is 0 Å². The van der Waals surface area contributed by atoms with E-state index in [2.05, 4.69) is 34.4 Å². The molecule has 0 saturated carbocycles. The molecule has 2 fully saturated rings. The van der Waals surface area contributed by atoms with Crippen LogP contribution in [0.4, 0.5) is 4.79 Å². The van der Waals surface area contributed by atoms with Crippen LogP contribution in [0, 0.1) is 0 Å². The molecule has 144 valence electrons. The number of hydrogen-bond donors (Lipinski definition) is 0. The number of hydrogen-bond acceptors (Lipinski definition) is 4. The zero-order chi connectivity index (χ0) is 18.9. The van der Waals surface area contributed by atoms with E-state index in [1.54, 1.807) is 0 Å². The van der Waals surface area contributed by atoms with E-state index in [9.17, 15) is 4.79 Å². The van der Waals surface area contributed by atoms with Gasteiger partial charge >= 0.3 is 6.03 Å². The van der Waals surface area contributed by atoms with E-state index in [0.29, 0.717) is 11.7 Å². The number of piperidine rings is 1. The number of benzene rings is 2. The summed E-state index contributed by atoms with van der Waals surface area (Å²) in [7, 11) is 0. The summed E-state index contributed by atoms with van der Waals surface area (Å²) in [5, 5.41) is 6.58. The predicted molar refractivity (Wildman–Crippen MR) is 107 cm³/mol. The number of urea groups is 1. The van der Waals surface area contributed by atoms with Gasteiger partial charge < -0.3 is 14.3 Å². The highest BCUT2D eigenvalue weighted by atomic mass is 16.5. The van der Waals surface area contributed by atoms with Crippen LogP contribution in [0.25, 0.3) is 22.2 Å². The second-order valence-electron chi connectivity index (χ2n) is 7.76. The highest BCUT2D eigenvalue weighted by molar-refractivity contribution is 5.86. The topological polar surface area (TPSA) is 62.5 Å². The van der Waals surface area contributed by atoms with Gasteiger partial charge in [0.15, 0.2) is 0 Å². The third kappa shape index (κ3) is 3.23. The smallest absolute Gasteiger partial charge is 0.319 e. The number of aromatic nitrogens is 2. The van der Waals surface area contributed by atoms with E-state index in [1.807, 2.05) is 28.0 Å². The normalized spacial score (nSPS) is 18.1. The number of amides is 2. The fourth-order valence-electron chi connectivity index (χ4n) is 4.27. The van der Waals surface area contributed by atoms with Gasteiger partial charge in [-0.1, -0.05) is 41.6 Å². The number of likely N-dealkylation sites (tertiary alicyclic amines) is 2. The van der Waals surface area contributed by atoms with Gasteiger partial charge in [-0.05, 0) is 42.5 Å². The lowest BCUT2D eigenvalue weighted by molar-refractivity contribution is 0.144. The third-order valence-corrected chi connectivity index (χ3v) is 5.94. The van der Waals surface area contributed by atoms with Gasteiger partial charge in [0.25, 0.3) is 0 Å². The molecule has 28 heavy (non-hydrogen) atoms. The summed E-state index contributed by atoms with van der Waals surface area (Å²) in [4.78, 5) is 21.2. The molecule has 2 saturated heterocycles. The standard InChI is InChI=1S/C22H24N4O2/c27-22(25-11-3-4-12-25)26-13-9-17(10-14-26)21-23-20(24-28-21)19-8-7-16-5-1-2-6-18(16)15-19/h1-2,5-8,15,17H,3-4,9-14H2. The van der Waals surface area contributed by atoms with Gasteiger partial charge in [-0.25, -0.2) is 4.79 Å². The molecule has 0 N–H and O–H groups in total. The Hall–Kier alpha value is -2.89. The van der Waals surface area contributed by atoms with Crippen molar-refractivity contribution < 1.29 is 9.32 Å². The van der Waals surface area contributed by atoms with Gasteiger partial charge in [-0.3, -0.25) is 0 Å². The molecular formula is C22H24N4O2. The van der Waals surface area contributed by atoms with Gasteiger partial charge in [0.05, 0.1) is 0 Å². The van der Waals surface area contributed by atoms with Crippen LogP contribution in [0.2, 0.25) is 0 Å². The Kier molecular flexibility index (Phi) is 4.47. The number of nitrogens with zero attached hydrogens (tertiary/aromatic N) is 4. The number of carbonyl (C=O) groups excluding carboxylic acids is 1. The van der Waals surface area contributed by atoms with Crippen molar-refractivity contribution in [2.75, 3.05) is 26.2 Å². The van der Waals surface area contributed by atoms with Crippen LogP contribution >= 0.6 is 0 Å². The Morgan fingerprint density at radius 1 is 0.929 bits per heavy atom. The first kappa shape index (κ1) is 17.2. The summed E-state index contributed by atoms with van der Waals surface area (Å²) in [5.74, 6) is 1.55. The molecule has 5 rings (SSSR count). The quantitative estimate of drug-likeness (QED) is 0.669. The minimum atomic E-state index is 0.193. The molecule has 3 aromatic rings. The van der Waals surface area contributed by atoms with Crippen LogP contribution in [0.1, 0.15) is 37.5 Å². The van der Waals surface area contributed by atoms with Crippen LogP contribution in [0.5, 0.6) is 0 Å². The van der Waals surface area contributed by atoms with Crippen LogP contribution in [-0.4, -0.2) is 52.2 Å². The molecular weight excluding hydrogens is 352 g/mol. The summed E-state index contributed by atoms with van der Waals surface area (Å²) in [5.41, 5.74) is 0.968. The first-order chi connectivity index (χ1) is 13.8.